The van der Waals surface area contributed by atoms with Crippen molar-refractivity contribution in [2.45, 2.75) is 52.7 Å². The molecule has 2 aromatic rings. The average Bonchev–Trinajstić information content (AvgIpc) is 2.68. The molecular formula is C24H28N2O3. The van der Waals surface area contributed by atoms with Crippen LogP contribution in [0.2, 0.25) is 0 Å². The summed E-state index contributed by atoms with van der Waals surface area (Å²) >= 11 is 0. The summed E-state index contributed by atoms with van der Waals surface area (Å²) in [4.78, 5) is 11.0. The molecule has 0 unspecified atom stereocenters. The average molecular weight is 392 g/mol. The summed E-state index contributed by atoms with van der Waals surface area (Å²) in [6.45, 7) is 8.28. The molecule has 0 aliphatic heterocycles. The van der Waals surface area contributed by atoms with Gasteiger partial charge in [0.1, 0.15) is 12.4 Å². The first-order valence-electron chi connectivity index (χ1n) is 9.62. The number of nitrogens with one attached hydrogen (secondary N) is 2. The van der Waals surface area contributed by atoms with Gasteiger partial charge in [0.15, 0.2) is 0 Å². The van der Waals surface area contributed by atoms with Crippen molar-refractivity contribution in [2.24, 2.45) is 0 Å². The molecule has 5 heteroatoms. The second-order valence-corrected chi connectivity index (χ2v) is 7.16. The summed E-state index contributed by atoms with van der Waals surface area (Å²) in [6.07, 6.45) is 1.33. The summed E-state index contributed by atoms with van der Waals surface area (Å²) in [5.41, 5.74) is 4.79. The van der Waals surface area contributed by atoms with Gasteiger partial charge >= 0.3 is 5.97 Å². The van der Waals surface area contributed by atoms with Gasteiger partial charge in [-0.1, -0.05) is 30.2 Å². The zero-order valence-corrected chi connectivity index (χ0v) is 17.4. The molecule has 2 aromatic carbocycles. The third-order valence-electron chi connectivity index (χ3n) is 4.57. The maximum absolute atomic E-state index is 11.0. The molecule has 0 saturated heterocycles. The van der Waals surface area contributed by atoms with Crippen LogP contribution in [0.15, 0.2) is 36.4 Å². The molecule has 1 atom stereocenters. The molecule has 0 aliphatic carbocycles. The normalized spacial score (nSPS) is 11.3. The van der Waals surface area contributed by atoms with Crippen LogP contribution in [0.1, 0.15) is 55.4 Å². The number of carboxylic acids is 1. The van der Waals surface area contributed by atoms with Crippen LogP contribution in [0, 0.1) is 24.2 Å². The molecule has 0 heterocycles. The van der Waals surface area contributed by atoms with E-state index in [1.54, 1.807) is 6.92 Å². The van der Waals surface area contributed by atoms with E-state index >= 15 is 0 Å². The number of hydrogen-bond acceptors (Lipinski definition) is 4. The van der Waals surface area contributed by atoms with Gasteiger partial charge in [0.25, 0.3) is 0 Å². The molecule has 0 spiro atoms. The van der Waals surface area contributed by atoms with E-state index in [4.69, 9.17) is 15.3 Å². The molecule has 0 fully saturated rings. The summed E-state index contributed by atoms with van der Waals surface area (Å²) in [5, 5.41) is 20.1. The molecule has 0 aromatic heterocycles. The van der Waals surface area contributed by atoms with Crippen LogP contribution in [0.5, 0.6) is 5.75 Å². The molecule has 0 saturated carbocycles. The Kier molecular flexibility index (Phi) is 7.85. The minimum absolute atomic E-state index is 0.0226. The van der Waals surface area contributed by atoms with Crippen molar-refractivity contribution in [3.05, 3.63) is 58.7 Å². The summed E-state index contributed by atoms with van der Waals surface area (Å²) in [7, 11) is 0. The summed E-state index contributed by atoms with van der Waals surface area (Å²) in [6, 6.07) is 11.6. The topological polar surface area (TPSA) is 82.4 Å². The van der Waals surface area contributed by atoms with E-state index in [0.29, 0.717) is 12.4 Å². The maximum atomic E-state index is 11.0. The molecule has 0 bridgehead atoms. The second-order valence-electron chi connectivity index (χ2n) is 7.16. The molecule has 0 radical (unpaired) electrons. The van der Waals surface area contributed by atoms with Gasteiger partial charge in [-0.25, -0.2) is 0 Å². The van der Waals surface area contributed by atoms with Crippen LogP contribution in [0.25, 0.3) is 0 Å². The lowest BCUT2D eigenvalue weighted by molar-refractivity contribution is -0.137. The lowest BCUT2D eigenvalue weighted by Crippen LogP contribution is -2.14. The van der Waals surface area contributed by atoms with Gasteiger partial charge in [0.2, 0.25) is 0 Å². The Hall–Kier alpha value is -3.26. The van der Waals surface area contributed by atoms with E-state index in [1.807, 2.05) is 43.3 Å². The van der Waals surface area contributed by atoms with Crippen LogP contribution in [0.3, 0.4) is 0 Å². The lowest BCUT2D eigenvalue weighted by atomic mass is 9.96. The van der Waals surface area contributed by atoms with Crippen LogP contribution in [-0.2, 0) is 11.4 Å². The van der Waals surface area contributed by atoms with E-state index < -0.39 is 5.97 Å². The Bertz CT molecular complexity index is 922. The highest BCUT2D eigenvalue weighted by atomic mass is 16.5. The number of aliphatic carboxylic acids is 1. The molecule has 0 aliphatic rings. The molecule has 29 heavy (non-hydrogen) atoms. The highest BCUT2D eigenvalue weighted by Crippen LogP contribution is 2.26. The van der Waals surface area contributed by atoms with Crippen molar-refractivity contribution in [1.82, 2.24) is 0 Å². The number of carbonyl (C=O) groups is 1. The summed E-state index contributed by atoms with van der Waals surface area (Å²) in [5.74, 6) is 5.27. The number of carboxylic acid groups (broad SMARTS) is 1. The summed E-state index contributed by atoms with van der Waals surface area (Å²) < 4.78 is 5.94. The highest BCUT2D eigenvalue weighted by molar-refractivity contribution is 5.87. The Morgan fingerprint density at radius 3 is 2.48 bits per heavy atom. The van der Waals surface area contributed by atoms with Crippen LogP contribution in [0.4, 0.5) is 5.69 Å². The van der Waals surface area contributed by atoms with Gasteiger partial charge in [-0.3, -0.25) is 4.79 Å². The standard InChI is InChI=1S/C24H28N2O3/c1-5-6-19(13-23(27)28)18-9-11-22(12-10-18)29-15-21-8-7-20(14-25)24(17(21)4)26-16(2)3/h7-12,14,16,19,25-26H,13,15H2,1-4H3,(H,27,28)/t19-/m0/s1. The van der Waals surface area contributed by atoms with Gasteiger partial charge in [0.05, 0.1) is 12.3 Å². The zero-order chi connectivity index (χ0) is 21.4. The Morgan fingerprint density at radius 1 is 1.24 bits per heavy atom. The maximum Gasteiger partial charge on any atom is 0.304 e. The van der Waals surface area contributed by atoms with Gasteiger partial charge in [-0.05, 0) is 56.5 Å². The predicted molar refractivity (Wildman–Crippen MR) is 117 cm³/mol. The van der Waals surface area contributed by atoms with Crippen LogP contribution in [-0.4, -0.2) is 23.3 Å². The van der Waals surface area contributed by atoms with E-state index in [1.165, 1.54) is 6.21 Å². The molecular weight excluding hydrogens is 364 g/mol. The van der Waals surface area contributed by atoms with Crippen molar-refractivity contribution in [1.29, 1.82) is 5.41 Å². The number of rotatable bonds is 9. The van der Waals surface area contributed by atoms with Crippen molar-refractivity contribution in [3.63, 3.8) is 0 Å². The van der Waals surface area contributed by atoms with Crippen molar-refractivity contribution >= 4 is 17.9 Å². The third-order valence-corrected chi connectivity index (χ3v) is 4.57. The van der Waals surface area contributed by atoms with Gasteiger partial charge in [-0.15, -0.1) is 5.92 Å². The highest BCUT2D eigenvalue weighted by Gasteiger charge is 2.14. The fourth-order valence-corrected chi connectivity index (χ4v) is 3.09. The van der Waals surface area contributed by atoms with Gasteiger partial charge in [-0.2, -0.15) is 0 Å². The van der Waals surface area contributed by atoms with Gasteiger partial charge in [0, 0.05) is 23.5 Å². The number of benzene rings is 2. The lowest BCUT2D eigenvalue weighted by Gasteiger charge is -2.19. The molecule has 152 valence electrons. The van der Waals surface area contributed by atoms with Crippen LogP contribution < -0.4 is 10.1 Å². The number of anilines is 1. The monoisotopic (exact) mass is 392 g/mol. The molecule has 5 nitrogen and oxygen atoms in total. The van der Waals surface area contributed by atoms with Crippen molar-refractivity contribution in [2.75, 3.05) is 5.32 Å². The first kappa shape index (κ1) is 22.0. The smallest absolute Gasteiger partial charge is 0.304 e. The Labute approximate surface area is 172 Å². The van der Waals surface area contributed by atoms with Gasteiger partial charge < -0.3 is 20.6 Å². The fourth-order valence-electron chi connectivity index (χ4n) is 3.09. The van der Waals surface area contributed by atoms with Crippen LogP contribution >= 0.6 is 0 Å². The van der Waals surface area contributed by atoms with Crippen molar-refractivity contribution < 1.29 is 14.6 Å². The molecule has 0 amide bonds. The Balaban J connectivity index is 2.14. The number of ether oxygens (including phenoxy) is 1. The van der Waals surface area contributed by atoms with E-state index in [0.717, 1.165) is 27.9 Å². The largest absolute Gasteiger partial charge is 0.489 e. The number of hydrogen-bond donors (Lipinski definition) is 3. The zero-order valence-electron chi connectivity index (χ0n) is 17.4. The quantitative estimate of drug-likeness (QED) is 0.415. The fraction of sp³-hybridized carbons (Fsp3) is 0.333. The van der Waals surface area contributed by atoms with E-state index in [9.17, 15) is 4.79 Å². The first-order chi connectivity index (χ1) is 13.8. The van der Waals surface area contributed by atoms with E-state index in [-0.39, 0.29) is 18.4 Å². The van der Waals surface area contributed by atoms with Crippen molar-refractivity contribution in [3.8, 4) is 17.6 Å². The molecule has 3 N–H and O–H groups in total. The first-order valence-corrected chi connectivity index (χ1v) is 9.62. The minimum Gasteiger partial charge on any atom is -0.489 e. The predicted octanol–water partition coefficient (Wildman–Crippen LogP) is 4.97. The molecule has 2 rings (SSSR count). The second kappa shape index (κ2) is 10.3. The Morgan fingerprint density at radius 2 is 1.93 bits per heavy atom. The SMILES string of the molecule is CC#C[C@@H](CC(=O)O)c1ccc(OCc2ccc(C=N)c(NC(C)C)c2C)cc1. The third kappa shape index (κ3) is 6.11. The van der Waals surface area contributed by atoms with E-state index in [2.05, 4.69) is 31.0 Å². The minimum atomic E-state index is -0.868.